The molecule has 188 valence electrons. The SMILES string of the molecule is CCCCCCCCCCCCC=C(SC[C@H](N)C(=O)NCC(=O)O)[C@H](O)CCCCC. The molecule has 0 aromatic rings. The largest absolute Gasteiger partial charge is 0.480 e. The second kappa shape index (κ2) is 21.8. The summed E-state index contributed by atoms with van der Waals surface area (Å²) in [6.45, 7) is 3.95. The standard InChI is InChI=1S/C25H48N2O4S/c1-3-5-7-8-9-10-11-12-13-14-16-18-23(22(28)17-15-6-4-2)32-20-21(26)25(31)27-19-24(29)30/h18,21-22,28H,3-17,19-20,26H2,1-2H3,(H,27,31)(H,29,30)/t21-,22+/m0/s1. The number of aliphatic hydroxyl groups is 1. The second-order valence-corrected chi connectivity index (χ2v) is 9.71. The van der Waals surface area contributed by atoms with E-state index in [9.17, 15) is 14.7 Å². The minimum atomic E-state index is -1.10. The lowest BCUT2D eigenvalue weighted by Crippen LogP contribution is -2.44. The van der Waals surface area contributed by atoms with Crippen LogP contribution in [0.15, 0.2) is 11.0 Å². The van der Waals surface area contributed by atoms with Crippen LogP contribution < -0.4 is 11.1 Å². The number of unbranched alkanes of at least 4 members (excludes halogenated alkanes) is 12. The highest BCUT2D eigenvalue weighted by atomic mass is 32.2. The summed E-state index contributed by atoms with van der Waals surface area (Å²) in [5.74, 6) is -1.25. The molecule has 0 saturated carbocycles. The van der Waals surface area contributed by atoms with Crippen molar-refractivity contribution >= 4 is 23.6 Å². The van der Waals surface area contributed by atoms with Crippen molar-refractivity contribution in [2.45, 2.75) is 122 Å². The normalized spacial score (nSPS) is 13.7. The molecular formula is C25H48N2O4S. The summed E-state index contributed by atoms with van der Waals surface area (Å²) in [5, 5.41) is 21.6. The van der Waals surface area contributed by atoms with Gasteiger partial charge in [0.25, 0.3) is 0 Å². The van der Waals surface area contributed by atoms with Crippen molar-refractivity contribution in [3.8, 4) is 0 Å². The highest BCUT2D eigenvalue weighted by Gasteiger charge is 2.18. The summed E-state index contributed by atoms with van der Waals surface area (Å²) >= 11 is 1.42. The van der Waals surface area contributed by atoms with E-state index in [1.807, 2.05) is 0 Å². The summed E-state index contributed by atoms with van der Waals surface area (Å²) in [5.41, 5.74) is 5.90. The van der Waals surface area contributed by atoms with E-state index in [-0.39, 0.29) is 0 Å². The van der Waals surface area contributed by atoms with Crippen molar-refractivity contribution in [3.05, 3.63) is 11.0 Å². The average molecular weight is 473 g/mol. The fourth-order valence-corrected chi connectivity index (χ4v) is 4.52. The topological polar surface area (TPSA) is 113 Å². The van der Waals surface area contributed by atoms with E-state index in [0.29, 0.717) is 12.2 Å². The molecule has 0 aliphatic heterocycles. The van der Waals surface area contributed by atoms with Gasteiger partial charge in [0.05, 0.1) is 12.1 Å². The lowest BCUT2D eigenvalue weighted by molar-refractivity contribution is -0.138. The maximum atomic E-state index is 11.9. The zero-order chi connectivity index (χ0) is 24.0. The Bertz CT molecular complexity index is 514. The number of allylic oxidation sites excluding steroid dienone is 1. The first-order valence-electron chi connectivity index (χ1n) is 12.7. The molecule has 0 aromatic heterocycles. The first-order chi connectivity index (χ1) is 15.4. The number of carbonyl (C=O) groups excluding carboxylic acids is 1. The minimum Gasteiger partial charge on any atom is -0.480 e. The molecule has 0 aromatic carbocycles. The first kappa shape index (κ1) is 30.9. The molecule has 2 atom stereocenters. The van der Waals surface area contributed by atoms with Crippen LogP contribution in [0.3, 0.4) is 0 Å². The van der Waals surface area contributed by atoms with Gasteiger partial charge in [0.1, 0.15) is 6.54 Å². The first-order valence-corrected chi connectivity index (χ1v) is 13.7. The Kier molecular flexibility index (Phi) is 21.1. The highest BCUT2D eigenvalue weighted by Crippen LogP contribution is 2.25. The van der Waals surface area contributed by atoms with Crippen LogP contribution in [0, 0.1) is 0 Å². The summed E-state index contributed by atoms with van der Waals surface area (Å²) in [6.07, 6.45) is 19.3. The Morgan fingerprint density at radius 3 is 2.00 bits per heavy atom. The number of rotatable bonds is 22. The predicted molar refractivity (Wildman–Crippen MR) is 136 cm³/mol. The van der Waals surface area contributed by atoms with Gasteiger partial charge in [-0.25, -0.2) is 0 Å². The van der Waals surface area contributed by atoms with Crippen LogP contribution in [0.1, 0.15) is 110 Å². The van der Waals surface area contributed by atoms with Crippen LogP contribution in [-0.2, 0) is 9.59 Å². The number of nitrogens with two attached hydrogens (primary N) is 1. The number of nitrogens with one attached hydrogen (secondary N) is 1. The molecule has 0 aliphatic rings. The molecule has 0 aliphatic carbocycles. The number of hydrogen-bond donors (Lipinski definition) is 4. The predicted octanol–water partition coefficient (Wildman–Crippen LogP) is 5.38. The van der Waals surface area contributed by atoms with Gasteiger partial charge in [-0.1, -0.05) is 97.0 Å². The number of carboxylic acid groups (broad SMARTS) is 1. The zero-order valence-electron chi connectivity index (χ0n) is 20.4. The molecule has 0 rings (SSSR count). The number of carbonyl (C=O) groups is 2. The number of aliphatic carboxylic acids is 1. The average Bonchev–Trinajstić information content (AvgIpc) is 2.77. The molecule has 1 amide bonds. The van der Waals surface area contributed by atoms with Crippen molar-refractivity contribution in [2.24, 2.45) is 5.73 Å². The second-order valence-electron chi connectivity index (χ2n) is 8.62. The van der Waals surface area contributed by atoms with E-state index >= 15 is 0 Å². The van der Waals surface area contributed by atoms with Crippen molar-refractivity contribution in [1.29, 1.82) is 0 Å². The summed E-state index contributed by atoms with van der Waals surface area (Å²) in [7, 11) is 0. The Balaban J connectivity index is 4.34. The molecule has 32 heavy (non-hydrogen) atoms. The maximum Gasteiger partial charge on any atom is 0.322 e. The zero-order valence-corrected chi connectivity index (χ0v) is 21.3. The molecule has 0 spiro atoms. The minimum absolute atomic E-state index is 0.320. The maximum absolute atomic E-state index is 11.9. The fraction of sp³-hybridized carbons (Fsp3) is 0.840. The third-order valence-corrected chi connectivity index (χ3v) is 6.79. The van der Waals surface area contributed by atoms with Gasteiger partial charge in [0.2, 0.25) is 5.91 Å². The molecule has 0 radical (unpaired) electrons. The molecule has 6 nitrogen and oxygen atoms in total. The number of carboxylic acids is 1. The van der Waals surface area contributed by atoms with Crippen LogP contribution in [0.4, 0.5) is 0 Å². The Hall–Kier alpha value is -1.05. The molecule has 0 bridgehead atoms. The molecule has 5 N–H and O–H groups in total. The lowest BCUT2D eigenvalue weighted by atomic mass is 10.1. The van der Waals surface area contributed by atoms with E-state index < -0.39 is 30.6 Å². The molecule has 0 heterocycles. The van der Waals surface area contributed by atoms with Crippen LogP contribution in [0.25, 0.3) is 0 Å². The van der Waals surface area contributed by atoms with E-state index in [4.69, 9.17) is 10.8 Å². The van der Waals surface area contributed by atoms with E-state index in [2.05, 4.69) is 25.2 Å². The van der Waals surface area contributed by atoms with Gasteiger partial charge in [0, 0.05) is 10.7 Å². The Morgan fingerprint density at radius 2 is 1.44 bits per heavy atom. The van der Waals surface area contributed by atoms with Gasteiger partial charge in [-0.3, -0.25) is 9.59 Å². The van der Waals surface area contributed by atoms with Crippen LogP contribution in [0.2, 0.25) is 0 Å². The van der Waals surface area contributed by atoms with Gasteiger partial charge < -0.3 is 21.3 Å². The third kappa shape index (κ3) is 18.5. The van der Waals surface area contributed by atoms with E-state index in [1.165, 1.54) is 69.5 Å². The van der Waals surface area contributed by atoms with E-state index in [0.717, 1.165) is 37.0 Å². The van der Waals surface area contributed by atoms with Gasteiger partial charge in [-0.05, 0) is 19.3 Å². The summed E-state index contributed by atoms with van der Waals surface area (Å²) in [4.78, 5) is 23.4. The van der Waals surface area contributed by atoms with Crippen molar-refractivity contribution in [2.75, 3.05) is 12.3 Å². The van der Waals surface area contributed by atoms with Crippen LogP contribution in [-0.4, -0.2) is 46.5 Å². The smallest absolute Gasteiger partial charge is 0.322 e. The van der Waals surface area contributed by atoms with Crippen LogP contribution >= 0.6 is 11.8 Å². The molecule has 0 saturated heterocycles. The fourth-order valence-electron chi connectivity index (χ4n) is 3.45. The molecular weight excluding hydrogens is 424 g/mol. The third-order valence-electron chi connectivity index (χ3n) is 5.49. The van der Waals surface area contributed by atoms with Gasteiger partial charge in [-0.15, -0.1) is 11.8 Å². The quantitative estimate of drug-likeness (QED) is 0.157. The molecule has 0 unspecified atom stereocenters. The van der Waals surface area contributed by atoms with Gasteiger partial charge in [0.15, 0.2) is 0 Å². The number of aliphatic hydroxyl groups excluding tert-OH is 1. The van der Waals surface area contributed by atoms with Gasteiger partial charge in [-0.2, -0.15) is 0 Å². The summed E-state index contributed by atoms with van der Waals surface area (Å²) < 4.78 is 0. The van der Waals surface area contributed by atoms with Crippen molar-refractivity contribution in [1.82, 2.24) is 5.32 Å². The number of hydrogen-bond acceptors (Lipinski definition) is 5. The Labute approximate surface area is 200 Å². The number of thioether (sulfide) groups is 1. The van der Waals surface area contributed by atoms with Crippen molar-refractivity contribution in [3.63, 3.8) is 0 Å². The van der Waals surface area contributed by atoms with Gasteiger partial charge >= 0.3 is 5.97 Å². The van der Waals surface area contributed by atoms with E-state index in [1.54, 1.807) is 0 Å². The van der Waals surface area contributed by atoms with Crippen molar-refractivity contribution < 1.29 is 19.8 Å². The number of amides is 1. The van der Waals surface area contributed by atoms with Crippen LogP contribution in [0.5, 0.6) is 0 Å². The Morgan fingerprint density at radius 1 is 0.906 bits per heavy atom. The summed E-state index contributed by atoms with van der Waals surface area (Å²) in [6, 6.07) is -0.803. The monoisotopic (exact) mass is 472 g/mol. The molecule has 7 heteroatoms. The highest BCUT2D eigenvalue weighted by molar-refractivity contribution is 8.03. The molecule has 0 fully saturated rings. The lowest BCUT2D eigenvalue weighted by Gasteiger charge is -2.17.